The molecule has 0 aliphatic rings. The molecule has 0 heterocycles. The molecular weight excluding hydrogens is 90.1 g/mol. The molecule has 1 atom stereocenters. The average Bonchev–Trinajstić information content (AvgIpc) is 1.38. The van der Waals surface area contributed by atoms with Gasteiger partial charge in [-0.25, -0.2) is 4.21 Å². The van der Waals surface area contributed by atoms with E-state index >= 15 is 0 Å². The van der Waals surface area contributed by atoms with Crippen LogP contribution >= 0.6 is 0 Å². The van der Waals surface area contributed by atoms with Gasteiger partial charge in [0.25, 0.3) is 11.3 Å². The average molecular weight is 93.1 g/mol. The summed E-state index contributed by atoms with van der Waals surface area (Å²) in [6.45, 7) is 2.76. The van der Waals surface area contributed by atoms with E-state index in [-0.39, 0.29) is 0 Å². The highest BCUT2D eigenvalue weighted by Gasteiger charge is 1.69. The number of rotatable bonds is 1. The second-order valence-corrected chi connectivity index (χ2v) is 1.08. The van der Waals surface area contributed by atoms with Crippen molar-refractivity contribution in [2.45, 2.75) is 0 Å². The first kappa shape index (κ1) is 4.78. The summed E-state index contributed by atoms with van der Waals surface area (Å²) < 4.78 is 19.5. The minimum atomic E-state index is -2.06. The Balaban J connectivity index is 3.20. The molecule has 0 bridgehead atoms. The molecule has 0 aliphatic heterocycles. The van der Waals surface area contributed by atoms with Crippen LogP contribution in [0.15, 0.2) is 4.40 Å². The highest BCUT2D eigenvalue weighted by Crippen LogP contribution is 1.63. The van der Waals surface area contributed by atoms with Gasteiger partial charge in [0, 0.05) is 6.72 Å². The zero-order valence-corrected chi connectivity index (χ0v) is 3.23. The monoisotopic (exact) mass is 93.0 g/mol. The lowest BCUT2D eigenvalue weighted by atomic mass is 11.8. The Morgan fingerprint density at radius 1 is 2.00 bits per heavy atom. The van der Waals surface area contributed by atoms with Gasteiger partial charge < -0.3 is 0 Å². The van der Waals surface area contributed by atoms with Gasteiger partial charge in [-0.2, -0.15) is 4.40 Å². The fourth-order valence-corrected chi connectivity index (χ4v) is 0. The Labute approximate surface area is 32.1 Å². The van der Waals surface area contributed by atoms with Crippen molar-refractivity contribution >= 4 is 18.0 Å². The summed E-state index contributed by atoms with van der Waals surface area (Å²) in [5.74, 6) is 0. The third-order valence-electron chi connectivity index (χ3n) is 0.110. The fourth-order valence-electron chi connectivity index (χ4n) is 0. The molecule has 0 aliphatic carbocycles. The first-order valence-corrected chi connectivity index (χ1v) is 1.91. The molecular formula is CH3NO2S. The molecule has 0 radical (unpaired) electrons. The number of hydrogen-bond acceptors (Lipinski definition) is 1. The molecule has 0 aromatic rings. The van der Waals surface area contributed by atoms with E-state index in [9.17, 15) is 4.21 Å². The maximum absolute atomic E-state index is 9.25. The molecule has 5 heavy (non-hydrogen) atoms. The second kappa shape index (κ2) is 2.04. The van der Waals surface area contributed by atoms with Gasteiger partial charge in [-0.1, -0.05) is 0 Å². The molecule has 30 valence electrons. The van der Waals surface area contributed by atoms with E-state index in [0.717, 1.165) is 0 Å². The van der Waals surface area contributed by atoms with Gasteiger partial charge in [-0.15, -0.1) is 0 Å². The van der Waals surface area contributed by atoms with E-state index in [4.69, 9.17) is 4.55 Å². The van der Waals surface area contributed by atoms with Gasteiger partial charge >= 0.3 is 0 Å². The van der Waals surface area contributed by atoms with Crippen LogP contribution in [-0.2, 0) is 11.3 Å². The van der Waals surface area contributed by atoms with Gasteiger partial charge in [0.1, 0.15) is 0 Å². The Morgan fingerprint density at radius 3 is 2.20 bits per heavy atom. The summed E-state index contributed by atoms with van der Waals surface area (Å²) in [6, 6.07) is 0. The van der Waals surface area contributed by atoms with Crippen LogP contribution in [0.25, 0.3) is 0 Å². The lowest BCUT2D eigenvalue weighted by Gasteiger charge is -1.65. The predicted molar refractivity (Wildman–Crippen MR) is 20.3 cm³/mol. The topological polar surface area (TPSA) is 49.7 Å². The van der Waals surface area contributed by atoms with E-state index in [1.165, 1.54) is 0 Å². The molecule has 0 saturated heterocycles. The Kier molecular flexibility index (Phi) is 1.95. The summed E-state index contributed by atoms with van der Waals surface area (Å²) >= 11 is -2.06. The third kappa shape index (κ3) is 3.78. The maximum atomic E-state index is 9.25. The predicted octanol–water partition coefficient (Wildman–Crippen LogP) is -0.176. The molecule has 0 spiro atoms. The first-order valence-electron chi connectivity index (χ1n) is 0.848. The normalized spacial score (nSPS) is 13.8. The fraction of sp³-hybridized carbons (Fsp3) is 0. The summed E-state index contributed by atoms with van der Waals surface area (Å²) in [4.78, 5) is 0. The van der Waals surface area contributed by atoms with Crippen LogP contribution in [0.2, 0.25) is 0 Å². The van der Waals surface area contributed by atoms with Gasteiger partial charge in [-0.05, 0) is 0 Å². The van der Waals surface area contributed by atoms with E-state index in [2.05, 4.69) is 11.1 Å². The van der Waals surface area contributed by atoms with Crippen molar-refractivity contribution in [2.75, 3.05) is 0 Å². The van der Waals surface area contributed by atoms with Crippen molar-refractivity contribution in [1.29, 1.82) is 0 Å². The summed E-state index contributed by atoms with van der Waals surface area (Å²) in [5.41, 5.74) is 0. The van der Waals surface area contributed by atoms with Gasteiger partial charge in [-0.3, -0.25) is 4.55 Å². The molecule has 4 heteroatoms. The highest BCUT2D eigenvalue weighted by molar-refractivity contribution is 7.77. The van der Waals surface area contributed by atoms with Gasteiger partial charge in [0.2, 0.25) is 0 Å². The molecule has 0 fully saturated rings. The highest BCUT2D eigenvalue weighted by atomic mass is 32.2. The smallest absolute Gasteiger partial charge is 0.281 e. The van der Waals surface area contributed by atoms with Gasteiger partial charge in [0.15, 0.2) is 0 Å². The molecule has 0 amide bonds. The third-order valence-corrected chi connectivity index (χ3v) is 0.331. The molecule has 0 saturated carbocycles. The van der Waals surface area contributed by atoms with Crippen molar-refractivity contribution in [3.63, 3.8) is 0 Å². The van der Waals surface area contributed by atoms with Crippen LogP contribution in [0.3, 0.4) is 0 Å². The molecule has 1 N–H and O–H groups in total. The largest absolute Gasteiger partial charge is 0.288 e. The standard InChI is InChI=1S/CH3NO2S/c1-2-5(3)4/h1H2,(H,3,4). The number of hydrogen-bond donors (Lipinski definition) is 1. The Bertz CT molecular complexity index is 60.7. The molecule has 0 rings (SSSR count). The van der Waals surface area contributed by atoms with Crippen molar-refractivity contribution in [1.82, 2.24) is 0 Å². The summed E-state index contributed by atoms with van der Waals surface area (Å²) in [6.07, 6.45) is 0. The lowest BCUT2D eigenvalue weighted by molar-refractivity contribution is 0.567. The number of nitrogens with zero attached hydrogens (tertiary/aromatic N) is 1. The van der Waals surface area contributed by atoms with Crippen molar-refractivity contribution in [3.05, 3.63) is 0 Å². The van der Waals surface area contributed by atoms with Gasteiger partial charge in [0.05, 0.1) is 0 Å². The maximum Gasteiger partial charge on any atom is 0.281 e. The minimum Gasteiger partial charge on any atom is -0.288 e. The van der Waals surface area contributed by atoms with Crippen LogP contribution in [0.1, 0.15) is 0 Å². The van der Waals surface area contributed by atoms with Crippen LogP contribution in [0.5, 0.6) is 0 Å². The van der Waals surface area contributed by atoms with E-state index in [0.29, 0.717) is 0 Å². The second-order valence-electron chi connectivity index (χ2n) is 0.360. The van der Waals surface area contributed by atoms with Crippen LogP contribution in [0, 0.1) is 0 Å². The zero-order valence-electron chi connectivity index (χ0n) is 2.42. The molecule has 1 unspecified atom stereocenters. The van der Waals surface area contributed by atoms with E-state index < -0.39 is 11.3 Å². The van der Waals surface area contributed by atoms with Crippen molar-refractivity contribution in [2.24, 2.45) is 4.40 Å². The Hall–Kier alpha value is -0.220. The van der Waals surface area contributed by atoms with Crippen molar-refractivity contribution in [3.8, 4) is 0 Å². The quantitative estimate of drug-likeness (QED) is 0.361. The van der Waals surface area contributed by atoms with Crippen LogP contribution in [-0.4, -0.2) is 15.5 Å². The molecule has 0 aromatic carbocycles. The molecule has 0 aromatic heterocycles. The summed E-state index contributed by atoms with van der Waals surface area (Å²) in [5, 5.41) is 0. The van der Waals surface area contributed by atoms with Crippen molar-refractivity contribution < 1.29 is 8.76 Å². The zero-order chi connectivity index (χ0) is 4.28. The van der Waals surface area contributed by atoms with Crippen LogP contribution in [0.4, 0.5) is 0 Å². The SMILES string of the molecule is C=NS(=O)O. The summed E-state index contributed by atoms with van der Waals surface area (Å²) in [7, 11) is 0. The van der Waals surface area contributed by atoms with Crippen LogP contribution < -0.4 is 0 Å². The first-order chi connectivity index (χ1) is 2.27. The molecule has 3 nitrogen and oxygen atoms in total. The van der Waals surface area contributed by atoms with E-state index in [1.54, 1.807) is 0 Å². The van der Waals surface area contributed by atoms with E-state index in [1.807, 2.05) is 0 Å². The lowest BCUT2D eigenvalue weighted by Crippen LogP contribution is -1.71. The Morgan fingerprint density at radius 2 is 2.20 bits per heavy atom. The minimum absolute atomic E-state index is 2.06.